The van der Waals surface area contributed by atoms with Crippen molar-refractivity contribution in [1.82, 2.24) is 24.6 Å². The molecule has 7 nitrogen and oxygen atoms in total. The lowest BCUT2D eigenvalue weighted by Crippen LogP contribution is -2.27. The van der Waals surface area contributed by atoms with Crippen molar-refractivity contribution in [3.8, 4) is 5.69 Å². The molecule has 4 rings (SSSR count). The maximum atomic E-state index is 13.0. The Hall–Kier alpha value is -3.81. The third kappa shape index (κ3) is 4.23. The van der Waals surface area contributed by atoms with E-state index in [1.54, 1.807) is 23.9 Å². The van der Waals surface area contributed by atoms with Gasteiger partial charge < -0.3 is 5.32 Å². The van der Waals surface area contributed by atoms with Crippen LogP contribution in [0.5, 0.6) is 0 Å². The molecule has 0 spiro atoms. The van der Waals surface area contributed by atoms with Crippen LogP contribution in [0.3, 0.4) is 0 Å². The smallest absolute Gasteiger partial charge is 0.273 e. The molecular formula is C23H22FN5O2. The Morgan fingerprint density at radius 2 is 1.81 bits per heavy atom. The maximum absolute atomic E-state index is 13.0. The number of aromatic nitrogens is 4. The van der Waals surface area contributed by atoms with Gasteiger partial charge >= 0.3 is 0 Å². The minimum Gasteiger partial charge on any atom is -0.352 e. The lowest BCUT2D eigenvalue weighted by molar-refractivity contribution is -0.121. The predicted molar refractivity (Wildman–Crippen MR) is 115 cm³/mol. The van der Waals surface area contributed by atoms with E-state index in [0.29, 0.717) is 29.1 Å². The summed E-state index contributed by atoms with van der Waals surface area (Å²) in [6, 6.07) is 15.5. The second kappa shape index (κ2) is 8.51. The fourth-order valence-corrected chi connectivity index (χ4v) is 3.45. The summed E-state index contributed by atoms with van der Waals surface area (Å²) in [4.78, 5) is 29.7. The van der Waals surface area contributed by atoms with Crippen LogP contribution >= 0.6 is 0 Å². The summed E-state index contributed by atoms with van der Waals surface area (Å²) in [7, 11) is 1.69. The van der Waals surface area contributed by atoms with E-state index in [1.807, 2.05) is 37.3 Å². The summed E-state index contributed by atoms with van der Waals surface area (Å²) in [6.07, 6.45) is 0.342. The normalized spacial score (nSPS) is 11.1. The number of carbonyl (C=O) groups is 1. The number of benzene rings is 2. The van der Waals surface area contributed by atoms with Crippen LogP contribution in [0.4, 0.5) is 4.39 Å². The first-order valence-electron chi connectivity index (χ1n) is 9.96. The zero-order valence-corrected chi connectivity index (χ0v) is 17.3. The Morgan fingerprint density at radius 3 is 2.52 bits per heavy atom. The van der Waals surface area contributed by atoms with Gasteiger partial charge in [-0.1, -0.05) is 30.3 Å². The molecule has 0 aliphatic carbocycles. The Morgan fingerprint density at radius 1 is 1.10 bits per heavy atom. The van der Waals surface area contributed by atoms with Crippen molar-refractivity contribution < 1.29 is 9.18 Å². The van der Waals surface area contributed by atoms with Gasteiger partial charge in [0.05, 0.1) is 11.4 Å². The number of carbonyl (C=O) groups excluding carboxylic acids is 1. The number of para-hydroxylation sites is 1. The highest BCUT2D eigenvalue weighted by Crippen LogP contribution is 2.19. The second-order valence-corrected chi connectivity index (χ2v) is 7.33. The standard InChI is InChI=1S/C23H22FN5O2/c1-15-21-22(29(27-15)18-6-4-3-5-7-18)28(2)23(31)19(26-21)12-13-20(30)25-14-16-8-10-17(24)11-9-16/h3-11H,12-14H2,1-2H3,(H,25,30). The molecule has 0 atom stereocenters. The van der Waals surface area contributed by atoms with Crippen molar-refractivity contribution in [3.63, 3.8) is 0 Å². The maximum Gasteiger partial charge on any atom is 0.273 e. The van der Waals surface area contributed by atoms with Gasteiger partial charge in [-0.25, -0.2) is 14.1 Å². The summed E-state index contributed by atoms with van der Waals surface area (Å²) >= 11 is 0. The van der Waals surface area contributed by atoms with Crippen LogP contribution in [0.25, 0.3) is 16.9 Å². The van der Waals surface area contributed by atoms with Crippen LogP contribution in [-0.4, -0.2) is 25.2 Å². The van der Waals surface area contributed by atoms with E-state index < -0.39 is 0 Å². The molecule has 158 valence electrons. The molecule has 4 aromatic rings. The van der Waals surface area contributed by atoms with Gasteiger partial charge in [0, 0.05) is 26.4 Å². The van der Waals surface area contributed by atoms with E-state index in [4.69, 9.17) is 0 Å². The average Bonchev–Trinajstić information content (AvgIpc) is 3.11. The molecule has 2 aromatic heterocycles. The minimum atomic E-state index is -0.321. The van der Waals surface area contributed by atoms with Crippen molar-refractivity contribution in [2.45, 2.75) is 26.3 Å². The number of fused-ring (bicyclic) bond motifs is 1. The number of aryl methyl sites for hydroxylation is 3. The Bertz CT molecular complexity index is 1290. The highest BCUT2D eigenvalue weighted by atomic mass is 19.1. The van der Waals surface area contributed by atoms with Crippen molar-refractivity contribution in [2.24, 2.45) is 7.05 Å². The van der Waals surface area contributed by atoms with Crippen LogP contribution in [0.1, 0.15) is 23.4 Å². The molecule has 31 heavy (non-hydrogen) atoms. The molecular weight excluding hydrogens is 397 g/mol. The SMILES string of the molecule is Cc1nn(-c2ccccc2)c2c1nc(CCC(=O)NCc1ccc(F)cc1)c(=O)n2C. The van der Waals surface area contributed by atoms with E-state index >= 15 is 0 Å². The summed E-state index contributed by atoms with van der Waals surface area (Å²) in [5, 5.41) is 7.34. The monoisotopic (exact) mass is 419 g/mol. The van der Waals surface area contributed by atoms with Gasteiger partial charge in [-0.3, -0.25) is 14.2 Å². The molecule has 0 unspecified atom stereocenters. The van der Waals surface area contributed by atoms with Crippen molar-refractivity contribution in [1.29, 1.82) is 0 Å². The molecule has 1 amide bonds. The third-order valence-corrected chi connectivity index (χ3v) is 5.11. The first kappa shape index (κ1) is 20.5. The first-order chi connectivity index (χ1) is 14.9. The number of nitrogens with zero attached hydrogens (tertiary/aromatic N) is 4. The lowest BCUT2D eigenvalue weighted by atomic mass is 10.2. The Kier molecular flexibility index (Phi) is 5.62. The van der Waals surface area contributed by atoms with E-state index in [-0.39, 0.29) is 30.1 Å². The highest BCUT2D eigenvalue weighted by Gasteiger charge is 2.18. The van der Waals surface area contributed by atoms with Crippen molar-refractivity contribution in [3.05, 3.63) is 87.7 Å². The van der Waals surface area contributed by atoms with Crippen LogP contribution in [0.15, 0.2) is 59.4 Å². The fourth-order valence-electron chi connectivity index (χ4n) is 3.45. The first-order valence-corrected chi connectivity index (χ1v) is 9.96. The summed E-state index contributed by atoms with van der Waals surface area (Å²) in [5.74, 6) is -0.525. The number of hydrogen-bond acceptors (Lipinski definition) is 4. The second-order valence-electron chi connectivity index (χ2n) is 7.33. The topological polar surface area (TPSA) is 81.8 Å². The van der Waals surface area contributed by atoms with Crippen LogP contribution in [-0.2, 0) is 24.8 Å². The lowest BCUT2D eigenvalue weighted by Gasteiger charge is -2.09. The van der Waals surface area contributed by atoms with Gasteiger partial charge in [-0.2, -0.15) is 5.10 Å². The molecule has 0 aliphatic rings. The number of hydrogen-bond donors (Lipinski definition) is 1. The molecule has 0 bridgehead atoms. The summed E-state index contributed by atoms with van der Waals surface area (Å²) < 4.78 is 16.2. The molecule has 8 heteroatoms. The van der Waals surface area contributed by atoms with Gasteiger partial charge in [0.15, 0.2) is 5.65 Å². The summed E-state index contributed by atoms with van der Waals surface area (Å²) in [6.45, 7) is 2.14. The third-order valence-electron chi connectivity index (χ3n) is 5.11. The number of amides is 1. The minimum absolute atomic E-state index is 0.126. The largest absolute Gasteiger partial charge is 0.352 e. The average molecular weight is 419 g/mol. The zero-order valence-electron chi connectivity index (χ0n) is 17.3. The van der Waals surface area contributed by atoms with E-state index in [9.17, 15) is 14.0 Å². The fraction of sp³-hybridized carbons (Fsp3) is 0.217. The van der Waals surface area contributed by atoms with E-state index in [1.165, 1.54) is 16.7 Å². The molecule has 2 aromatic carbocycles. The number of halogens is 1. The molecule has 0 fully saturated rings. The number of nitrogens with one attached hydrogen (secondary N) is 1. The van der Waals surface area contributed by atoms with E-state index in [0.717, 1.165) is 11.3 Å². The molecule has 0 radical (unpaired) electrons. The van der Waals surface area contributed by atoms with Crippen molar-refractivity contribution in [2.75, 3.05) is 0 Å². The molecule has 1 N–H and O–H groups in total. The van der Waals surface area contributed by atoms with Crippen LogP contribution < -0.4 is 10.9 Å². The quantitative estimate of drug-likeness (QED) is 0.521. The zero-order chi connectivity index (χ0) is 22.0. The highest BCUT2D eigenvalue weighted by molar-refractivity contribution is 5.77. The Labute approximate surface area is 178 Å². The molecule has 0 aliphatic heterocycles. The molecule has 2 heterocycles. The van der Waals surface area contributed by atoms with E-state index in [2.05, 4.69) is 15.4 Å². The molecule has 0 saturated carbocycles. The van der Waals surface area contributed by atoms with Crippen LogP contribution in [0, 0.1) is 12.7 Å². The Balaban J connectivity index is 1.53. The van der Waals surface area contributed by atoms with Gasteiger partial charge in [0.25, 0.3) is 5.56 Å². The molecule has 0 saturated heterocycles. The van der Waals surface area contributed by atoms with Gasteiger partial charge in [-0.15, -0.1) is 0 Å². The van der Waals surface area contributed by atoms with Crippen LogP contribution in [0.2, 0.25) is 0 Å². The van der Waals surface area contributed by atoms with Gasteiger partial charge in [0.2, 0.25) is 5.91 Å². The number of rotatable bonds is 6. The predicted octanol–water partition coefficient (Wildman–Crippen LogP) is 2.82. The van der Waals surface area contributed by atoms with Gasteiger partial charge in [0.1, 0.15) is 17.0 Å². The van der Waals surface area contributed by atoms with Gasteiger partial charge in [-0.05, 0) is 36.8 Å². The summed E-state index contributed by atoms with van der Waals surface area (Å²) in [5.41, 5.74) is 3.65. The van der Waals surface area contributed by atoms with Crippen molar-refractivity contribution >= 4 is 17.1 Å².